The van der Waals surface area contributed by atoms with Crippen molar-refractivity contribution in [2.75, 3.05) is 18.7 Å². The van der Waals surface area contributed by atoms with E-state index in [1.54, 1.807) is 6.92 Å². The fourth-order valence-corrected chi connectivity index (χ4v) is 5.00. The first-order valence-electron chi connectivity index (χ1n) is 10.1. The fraction of sp³-hybridized carbons (Fsp3) is 0.348. The first kappa shape index (κ1) is 25.7. The van der Waals surface area contributed by atoms with Gasteiger partial charge in [0.05, 0.1) is 27.9 Å². The minimum absolute atomic E-state index is 0.0139. The molecule has 1 unspecified atom stereocenters. The van der Waals surface area contributed by atoms with Gasteiger partial charge in [-0.05, 0) is 42.3 Å². The van der Waals surface area contributed by atoms with Crippen molar-refractivity contribution in [1.29, 1.82) is 0 Å². The van der Waals surface area contributed by atoms with Gasteiger partial charge in [-0.15, -0.1) is 11.6 Å². The maximum Gasteiger partial charge on any atom is 0.194 e. The number of hydrogen-bond donors (Lipinski definition) is 1. The average molecular weight is 532 g/mol. The summed E-state index contributed by atoms with van der Waals surface area (Å²) in [4.78, 5) is 6.77. The Labute approximate surface area is 209 Å². The minimum atomic E-state index is -3.46. The van der Waals surface area contributed by atoms with Gasteiger partial charge in [0.1, 0.15) is 18.5 Å². The standard InChI is InChI=1S/C23H25Cl3N2O4S/c1-14(20-22(28-13-27-20)33(4,29)30)32-17-7-5-15(6-8-17)23(2,3)16-11-18(25)21(19(26)12-16)31-10-9-24/h5-8,11-14H,9-10H2,1-4H3,(H,27,28). The molecule has 3 aromatic rings. The SMILES string of the molecule is CC(Oc1ccc(C(C)(C)c2cc(Cl)c(OCCCl)c(Cl)c2)cc1)c1[nH]cnc1S(C)(=O)=O. The molecule has 0 aliphatic carbocycles. The molecule has 178 valence electrons. The molecule has 33 heavy (non-hydrogen) atoms. The largest absolute Gasteiger partial charge is 0.489 e. The van der Waals surface area contributed by atoms with Crippen molar-refractivity contribution in [2.45, 2.75) is 37.3 Å². The number of benzene rings is 2. The Balaban J connectivity index is 1.81. The summed E-state index contributed by atoms with van der Waals surface area (Å²) < 4.78 is 35.3. The van der Waals surface area contributed by atoms with Crippen molar-refractivity contribution in [3.05, 3.63) is 69.6 Å². The summed E-state index contributed by atoms with van der Waals surface area (Å²) in [5.41, 5.74) is 1.94. The van der Waals surface area contributed by atoms with Crippen molar-refractivity contribution < 1.29 is 17.9 Å². The third kappa shape index (κ3) is 5.77. The van der Waals surface area contributed by atoms with Crippen LogP contribution in [0.4, 0.5) is 0 Å². The highest BCUT2D eigenvalue weighted by Gasteiger charge is 2.26. The number of ether oxygens (including phenoxy) is 2. The van der Waals surface area contributed by atoms with Crippen molar-refractivity contribution in [3.63, 3.8) is 0 Å². The van der Waals surface area contributed by atoms with Crippen molar-refractivity contribution in [3.8, 4) is 11.5 Å². The number of nitrogens with zero attached hydrogens (tertiary/aromatic N) is 1. The normalized spacial score (nSPS) is 13.1. The van der Waals surface area contributed by atoms with Crippen LogP contribution < -0.4 is 9.47 Å². The molecule has 0 saturated heterocycles. The van der Waals surface area contributed by atoms with E-state index in [4.69, 9.17) is 44.3 Å². The zero-order valence-electron chi connectivity index (χ0n) is 18.7. The molecule has 0 aliphatic rings. The Kier molecular flexibility index (Phi) is 7.89. The molecule has 1 aromatic heterocycles. The number of imidazole rings is 1. The Morgan fingerprint density at radius 1 is 1.09 bits per heavy atom. The highest BCUT2D eigenvalue weighted by molar-refractivity contribution is 7.90. The Hall–Kier alpha value is -1.93. The molecule has 0 saturated carbocycles. The second-order valence-corrected chi connectivity index (χ2v) is 11.2. The molecule has 10 heteroatoms. The predicted molar refractivity (Wildman–Crippen MR) is 132 cm³/mol. The quantitative estimate of drug-likeness (QED) is 0.332. The van der Waals surface area contributed by atoms with E-state index in [2.05, 4.69) is 23.8 Å². The summed E-state index contributed by atoms with van der Waals surface area (Å²) in [6, 6.07) is 11.3. The lowest BCUT2D eigenvalue weighted by molar-refractivity contribution is 0.219. The highest BCUT2D eigenvalue weighted by atomic mass is 35.5. The second kappa shape index (κ2) is 10.1. The van der Waals surface area contributed by atoms with Crippen LogP contribution in [0.3, 0.4) is 0 Å². The van der Waals surface area contributed by atoms with E-state index in [9.17, 15) is 8.42 Å². The van der Waals surface area contributed by atoms with Gasteiger partial charge in [0, 0.05) is 11.7 Å². The van der Waals surface area contributed by atoms with E-state index in [1.807, 2.05) is 36.4 Å². The number of H-pyrrole nitrogens is 1. The highest BCUT2D eigenvalue weighted by Crippen LogP contribution is 2.41. The van der Waals surface area contributed by atoms with Crippen LogP contribution >= 0.6 is 34.8 Å². The summed E-state index contributed by atoms with van der Waals surface area (Å²) in [6.07, 6.45) is 1.93. The molecule has 0 aliphatic heterocycles. The molecule has 1 atom stereocenters. The summed E-state index contributed by atoms with van der Waals surface area (Å²) >= 11 is 18.5. The van der Waals surface area contributed by atoms with Gasteiger partial charge in [0.15, 0.2) is 20.6 Å². The molecule has 1 heterocycles. The van der Waals surface area contributed by atoms with Crippen LogP contribution in [0.1, 0.15) is 43.7 Å². The Morgan fingerprint density at radius 3 is 2.24 bits per heavy atom. The molecular weight excluding hydrogens is 507 g/mol. The lowest BCUT2D eigenvalue weighted by atomic mass is 9.78. The van der Waals surface area contributed by atoms with Crippen molar-refractivity contribution in [1.82, 2.24) is 9.97 Å². The first-order chi connectivity index (χ1) is 15.4. The van der Waals surface area contributed by atoms with Crippen LogP contribution in [0.5, 0.6) is 11.5 Å². The van der Waals surface area contributed by atoms with E-state index >= 15 is 0 Å². The third-order valence-electron chi connectivity index (χ3n) is 5.32. The van der Waals surface area contributed by atoms with Gasteiger partial charge in [-0.3, -0.25) is 0 Å². The lowest BCUT2D eigenvalue weighted by Crippen LogP contribution is -2.19. The van der Waals surface area contributed by atoms with Crippen LogP contribution in [0.25, 0.3) is 0 Å². The number of alkyl halides is 1. The van der Waals surface area contributed by atoms with Gasteiger partial charge in [0.25, 0.3) is 0 Å². The minimum Gasteiger partial charge on any atom is -0.489 e. The molecule has 0 bridgehead atoms. The van der Waals surface area contributed by atoms with E-state index in [0.717, 1.165) is 17.4 Å². The van der Waals surface area contributed by atoms with Crippen LogP contribution in [-0.4, -0.2) is 37.1 Å². The lowest BCUT2D eigenvalue weighted by Gasteiger charge is -2.27. The summed E-state index contributed by atoms with van der Waals surface area (Å²) in [5, 5.41) is 0.830. The number of rotatable bonds is 9. The van der Waals surface area contributed by atoms with Gasteiger partial charge < -0.3 is 14.5 Å². The van der Waals surface area contributed by atoms with Gasteiger partial charge in [-0.1, -0.05) is 49.2 Å². The smallest absolute Gasteiger partial charge is 0.194 e. The van der Waals surface area contributed by atoms with Crippen molar-refractivity contribution >= 4 is 44.6 Å². The van der Waals surface area contributed by atoms with Gasteiger partial charge >= 0.3 is 0 Å². The monoisotopic (exact) mass is 530 g/mol. The van der Waals surface area contributed by atoms with Crippen molar-refractivity contribution in [2.24, 2.45) is 0 Å². The Morgan fingerprint density at radius 2 is 1.70 bits per heavy atom. The summed E-state index contributed by atoms with van der Waals surface area (Å²) in [6.45, 7) is 6.21. The predicted octanol–water partition coefficient (Wildman–Crippen LogP) is 6.20. The Bertz CT molecular complexity index is 1200. The molecule has 0 fully saturated rings. The number of aromatic amines is 1. The van der Waals surface area contributed by atoms with Crippen LogP contribution in [0.2, 0.25) is 10.0 Å². The molecular formula is C23H25Cl3N2O4S. The molecule has 0 radical (unpaired) electrons. The molecule has 0 spiro atoms. The maximum absolute atomic E-state index is 11.9. The van der Waals surface area contributed by atoms with E-state index in [-0.39, 0.29) is 5.03 Å². The zero-order chi connectivity index (χ0) is 24.4. The number of sulfone groups is 1. The van der Waals surface area contributed by atoms with Gasteiger partial charge in [-0.25, -0.2) is 13.4 Å². The molecule has 0 amide bonds. The molecule has 2 aromatic carbocycles. The van der Waals surface area contributed by atoms with Crippen LogP contribution in [0, 0.1) is 0 Å². The van der Waals surface area contributed by atoms with E-state index in [1.165, 1.54) is 6.33 Å². The molecule has 6 nitrogen and oxygen atoms in total. The topological polar surface area (TPSA) is 81.3 Å². The average Bonchev–Trinajstić information content (AvgIpc) is 3.24. The van der Waals surface area contributed by atoms with Gasteiger partial charge in [-0.2, -0.15) is 0 Å². The van der Waals surface area contributed by atoms with E-state index < -0.39 is 21.4 Å². The summed E-state index contributed by atoms with van der Waals surface area (Å²) in [7, 11) is -3.46. The van der Waals surface area contributed by atoms with Crippen LogP contribution in [-0.2, 0) is 15.3 Å². The van der Waals surface area contributed by atoms with Crippen LogP contribution in [0.15, 0.2) is 47.8 Å². The second-order valence-electron chi connectivity index (χ2n) is 8.11. The van der Waals surface area contributed by atoms with E-state index in [0.29, 0.717) is 39.7 Å². The van der Waals surface area contributed by atoms with Gasteiger partial charge in [0.2, 0.25) is 0 Å². The number of aromatic nitrogens is 2. The maximum atomic E-state index is 11.9. The number of hydrogen-bond acceptors (Lipinski definition) is 5. The third-order valence-corrected chi connectivity index (χ3v) is 7.07. The molecule has 3 rings (SSSR count). The molecule has 1 N–H and O–H groups in total. The summed E-state index contributed by atoms with van der Waals surface area (Å²) in [5.74, 6) is 1.35. The zero-order valence-corrected chi connectivity index (χ0v) is 21.7. The fourth-order valence-electron chi connectivity index (χ4n) is 3.46. The number of nitrogens with one attached hydrogen (secondary N) is 1. The number of halogens is 3. The first-order valence-corrected chi connectivity index (χ1v) is 13.3.